The predicted octanol–water partition coefficient (Wildman–Crippen LogP) is 1.51. The summed E-state index contributed by atoms with van der Waals surface area (Å²) in [5.41, 5.74) is 1.25. The minimum atomic E-state index is 0.533. The van der Waals surface area contributed by atoms with Gasteiger partial charge in [-0.3, -0.25) is 0 Å². The fourth-order valence-electron chi connectivity index (χ4n) is 1.87. The van der Waals surface area contributed by atoms with Gasteiger partial charge in [0.1, 0.15) is 5.82 Å². The zero-order valence-corrected chi connectivity index (χ0v) is 8.66. The number of nitrogens with one attached hydrogen (secondary N) is 1. The third-order valence-electron chi connectivity index (χ3n) is 2.69. The lowest BCUT2D eigenvalue weighted by atomic mass is 10.1. The summed E-state index contributed by atoms with van der Waals surface area (Å²) >= 11 is 0. The first-order chi connectivity index (χ1) is 6.90. The highest BCUT2D eigenvalue weighted by Crippen LogP contribution is 2.18. The molecule has 76 valence electrons. The van der Waals surface area contributed by atoms with E-state index in [-0.39, 0.29) is 0 Å². The number of rotatable bonds is 3. The minimum absolute atomic E-state index is 0.533. The van der Waals surface area contributed by atoms with E-state index in [0.29, 0.717) is 5.92 Å². The molecular weight excluding hydrogens is 174 g/mol. The summed E-state index contributed by atoms with van der Waals surface area (Å²) in [5, 5.41) is 3.33. The van der Waals surface area contributed by atoms with Gasteiger partial charge in [-0.15, -0.1) is 0 Å². The average molecular weight is 191 g/mol. The molecule has 1 atom stereocenters. The molecule has 0 amide bonds. The summed E-state index contributed by atoms with van der Waals surface area (Å²) < 4.78 is 0. The van der Waals surface area contributed by atoms with Crippen LogP contribution in [0.4, 0.5) is 0 Å². The maximum atomic E-state index is 4.43. The first-order valence-corrected chi connectivity index (χ1v) is 5.41. The molecule has 1 aliphatic heterocycles. The predicted molar refractivity (Wildman–Crippen MR) is 56.3 cm³/mol. The Kier molecular flexibility index (Phi) is 3.09. The smallest absolute Gasteiger partial charge is 0.132 e. The average Bonchev–Trinajstić information content (AvgIpc) is 2.72. The van der Waals surface area contributed by atoms with Crippen molar-refractivity contribution in [3.63, 3.8) is 0 Å². The molecule has 1 N–H and O–H groups in total. The van der Waals surface area contributed by atoms with Crippen LogP contribution < -0.4 is 5.32 Å². The summed E-state index contributed by atoms with van der Waals surface area (Å²) in [6.45, 7) is 4.31. The van der Waals surface area contributed by atoms with Gasteiger partial charge in [0.2, 0.25) is 0 Å². The Morgan fingerprint density at radius 3 is 2.79 bits per heavy atom. The molecule has 2 rings (SSSR count). The molecule has 0 aliphatic carbocycles. The summed E-state index contributed by atoms with van der Waals surface area (Å²) in [7, 11) is 0. The fraction of sp³-hybridized carbons (Fsp3) is 0.636. The maximum absolute atomic E-state index is 4.43. The number of aromatic nitrogens is 2. The molecular formula is C11H17N3. The Labute approximate surface area is 85.0 Å². The van der Waals surface area contributed by atoms with Crippen molar-refractivity contribution in [2.45, 2.75) is 32.1 Å². The van der Waals surface area contributed by atoms with Crippen LogP contribution in [0, 0.1) is 0 Å². The van der Waals surface area contributed by atoms with Crippen molar-refractivity contribution in [2.24, 2.45) is 0 Å². The molecule has 3 nitrogen and oxygen atoms in total. The van der Waals surface area contributed by atoms with Gasteiger partial charge in [-0.1, -0.05) is 13.3 Å². The molecule has 1 fully saturated rings. The quantitative estimate of drug-likeness (QED) is 0.787. The summed E-state index contributed by atoms with van der Waals surface area (Å²) in [5.74, 6) is 1.54. The summed E-state index contributed by atoms with van der Waals surface area (Å²) in [6, 6.07) is 0. The topological polar surface area (TPSA) is 37.8 Å². The van der Waals surface area contributed by atoms with Crippen molar-refractivity contribution in [1.29, 1.82) is 0 Å². The van der Waals surface area contributed by atoms with Crippen molar-refractivity contribution >= 4 is 0 Å². The van der Waals surface area contributed by atoms with Gasteiger partial charge < -0.3 is 5.32 Å². The fourth-order valence-corrected chi connectivity index (χ4v) is 1.87. The second-order valence-electron chi connectivity index (χ2n) is 3.89. The summed E-state index contributed by atoms with van der Waals surface area (Å²) in [6.07, 6.45) is 7.37. The van der Waals surface area contributed by atoms with E-state index in [1.165, 1.54) is 12.0 Å². The van der Waals surface area contributed by atoms with Crippen LogP contribution in [0.5, 0.6) is 0 Å². The lowest BCUT2D eigenvalue weighted by molar-refractivity contribution is 0.696. The van der Waals surface area contributed by atoms with Crippen LogP contribution in [0.25, 0.3) is 0 Å². The van der Waals surface area contributed by atoms with E-state index in [1.54, 1.807) is 0 Å². The van der Waals surface area contributed by atoms with Gasteiger partial charge in [0, 0.05) is 24.9 Å². The maximum Gasteiger partial charge on any atom is 0.132 e. The first kappa shape index (κ1) is 9.59. The molecule has 2 heterocycles. The molecule has 0 bridgehead atoms. The van der Waals surface area contributed by atoms with Crippen LogP contribution in [-0.2, 0) is 6.42 Å². The van der Waals surface area contributed by atoms with Gasteiger partial charge in [0.25, 0.3) is 0 Å². The monoisotopic (exact) mass is 191 g/mol. The molecule has 0 radical (unpaired) electrons. The standard InChI is InChI=1S/C11H17N3/c1-2-3-9-6-13-11(14-7-9)10-4-5-12-8-10/h6-7,10,12H,2-5,8H2,1H3. The number of nitrogens with zero attached hydrogens (tertiary/aromatic N) is 2. The first-order valence-electron chi connectivity index (χ1n) is 5.41. The molecule has 1 aromatic rings. The third-order valence-corrected chi connectivity index (χ3v) is 2.69. The van der Waals surface area contributed by atoms with Gasteiger partial charge in [0.05, 0.1) is 0 Å². The highest BCUT2D eigenvalue weighted by Gasteiger charge is 2.18. The zero-order valence-electron chi connectivity index (χ0n) is 8.66. The Bertz CT molecular complexity index is 275. The molecule has 1 unspecified atom stereocenters. The minimum Gasteiger partial charge on any atom is -0.316 e. The van der Waals surface area contributed by atoms with Crippen LogP contribution in [-0.4, -0.2) is 23.1 Å². The molecule has 1 aromatic heterocycles. The van der Waals surface area contributed by atoms with Crippen molar-refractivity contribution < 1.29 is 0 Å². The van der Waals surface area contributed by atoms with Gasteiger partial charge in [-0.2, -0.15) is 0 Å². The lowest BCUT2D eigenvalue weighted by Gasteiger charge is -2.06. The Balaban J connectivity index is 2.05. The molecule has 14 heavy (non-hydrogen) atoms. The van der Waals surface area contributed by atoms with Crippen LogP contribution in [0.2, 0.25) is 0 Å². The van der Waals surface area contributed by atoms with Crippen molar-refractivity contribution in [1.82, 2.24) is 15.3 Å². The van der Waals surface area contributed by atoms with Gasteiger partial charge >= 0.3 is 0 Å². The van der Waals surface area contributed by atoms with Crippen LogP contribution in [0.1, 0.15) is 37.1 Å². The van der Waals surface area contributed by atoms with Crippen LogP contribution in [0.3, 0.4) is 0 Å². The van der Waals surface area contributed by atoms with Crippen molar-refractivity contribution in [3.8, 4) is 0 Å². The van der Waals surface area contributed by atoms with E-state index >= 15 is 0 Å². The Morgan fingerprint density at radius 2 is 2.21 bits per heavy atom. The van der Waals surface area contributed by atoms with Gasteiger partial charge in [-0.05, 0) is 24.9 Å². The molecule has 1 aliphatic rings. The SMILES string of the molecule is CCCc1cnc(C2CCNC2)nc1. The molecule has 0 spiro atoms. The van der Waals surface area contributed by atoms with Gasteiger partial charge in [0.15, 0.2) is 0 Å². The van der Waals surface area contributed by atoms with E-state index < -0.39 is 0 Å². The normalized spacial score (nSPS) is 21.4. The van der Waals surface area contributed by atoms with Gasteiger partial charge in [-0.25, -0.2) is 9.97 Å². The van der Waals surface area contributed by atoms with E-state index in [2.05, 4.69) is 22.2 Å². The van der Waals surface area contributed by atoms with Crippen molar-refractivity contribution in [2.75, 3.05) is 13.1 Å². The van der Waals surface area contributed by atoms with Crippen LogP contribution >= 0.6 is 0 Å². The Morgan fingerprint density at radius 1 is 1.43 bits per heavy atom. The lowest BCUT2D eigenvalue weighted by Crippen LogP contribution is -2.10. The van der Waals surface area contributed by atoms with E-state index in [9.17, 15) is 0 Å². The second kappa shape index (κ2) is 4.51. The number of hydrogen-bond donors (Lipinski definition) is 1. The molecule has 0 saturated carbocycles. The van der Waals surface area contributed by atoms with E-state index in [4.69, 9.17) is 0 Å². The second-order valence-corrected chi connectivity index (χ2v) is 3.89. The summed E-state index contributed by atoms with van der Waals surface area (Å²) in [4.78, 5) is 8.86. The molecule has 0 aromatic carbocycles. The largest absolute Gasteiger partial charge is 0.316 e. The van der Waals surface area contributed by atoms with Crippen molar-refractivity contribution in [3.05, 3.63) is 23.8 Å². The highest BCUT2D eigenvalue weighted by molar-refractivity contribution is 5.08. The van der Waals surface area contributed by atoms with Crippen LogP contribution in [0.15, 0.2) is 12.4 Å². The van der Waals surface area contributed by atoms with E-state index in [1.807, 2.05) is 12.4 Å². The molecule has 1 saturated heterocycles. The third kappa shape index (κ3) is 2.10. The number of hydrogen-bond acceptors (Lipinski definition) is 3. The van der Waals surface area contributed by atoms with E-state index in [0.717, 1.165) is 31.8 Å². The zero-order chi connectivity index (χ0) is 9.80. The number of aryl methyl sites for hydroxylation is 1. The Hall–Kier alpha value is -0.960. The highest BCUT2D eigenvalue weighted by atomic mass is 14.9. The molecule has 3 heteroatoms.